The van der Waals surface area contributed by atoms with E-state index in [1.807, 2.05) is 13.0 Å². The zero-order chi connectivity index (χ0) is 13.2. The first-order valence-electron chi connectivity index (χ1n) is 6.08. The van der Waals surface area contributed by atoms with Gasteiger partial charge in [0, 0.05) is 6.20 Å². The van der Waals surface area contributed by atoms with Crippen molar-refractivity contribution in [1.82, 2.24) is 4.98 Å². The van der Waals surface area contributed by atoms with Crippen LogP contribution < -0.4 is 11.1 Å². The molecule has 18 heavy (non-hydrogen) atoms. The van der Waals surface area contributed by atoms with E-state index >= 15 is 0 Å². The average Bonchev–Trinajstić information content (AvgIpc) is 2.82. The number of nitrogens with one attached hydrogen (secondary N) is 1. The van der Waals surface area contributed by atoms with E-state index < -0.39 is 5.41 Å². The number of pyridine rings is 1. The summed E-state index contributed by atoms with van der Waals surface area (Å²) in [4.78, 5) is 16.7. The van der Waals surface area contributed by atoms with Crippen LogP contribution in [-0.2, 0) is 4.79 Å². The fraction of sp³-hybridized carbons (Fsp3) is 0.462. The number of nitrogens with zero attached hydrogens (tertiary/aromatic N) is 1. The number of anilines is 1. The van der Waals surface area contributed by atoms with E-state index in [9.17, 15) is 4.79 Å². The van der Waals surface area contributed by atoms with Gasteiger partial charge >= 0.3 is 0 Å². The standard InChI is InChI=1S/C13H17N3OS/c1-9-4-7-15-8-10(9)16-12(17)13(11(14)18)5-2-3-6-13/h4,7-8H,2-3,5-6H2,1H3,(H2,14,18)(H,16,17). The molecule has 3 N–H and O–H groups in total. The van der Waals surface area contributed by atoms with Crippen LogP contribution in [0.2, 0.25) is 0 Å². The summed E-state index contributed by atoms with van der Waals surface area (Å²) in [7, 11) is 0. The highest BCUT2D eigenvalue weighted by Gasteiger charge is 2.44. The Labute approximate surface area is 112 Å². The van der Waals surface area contributed by atoms with Crippen LogP contribution in [0.4, 0.5) is 5.69 Å². The third kappa shape index (κ3) is 2.22. The molecule has 0 aromatic carbocycles. The van der Waals surface area contributed by atoms with E-state index in [-0.39, 0.29) is 5.91 Å². The number of nitrogens with two attached hydrogens (primary N) is 1. The highest BCUT2D eigenvalue weighted by atomic mass is 32.1. The van der Waals surface area contributed by atoms with Gasteiger partial charge < -0.3 is 11.1 Å². The van der Waals surface area contributed by atoms with Crippen molar-refractivity contribution in [3.8, 4) is 0 Å². The molecule has 4 nitrogen and oxygen atoms in total. The number of aromatic nitrogens is 1. The third-order valence-corrected chi connectivity index (χ3v) is 4.04. The fourth-order valence-electron chi connectivity index (χ4n) is 2.40. The van der Waals surface area contributed by atoms with E-state index in [1.165, 1.54) is 0 Å². The summed E-state index contributed by atoms with van der Waals surface area (Å²) in [6.45, 7) is 1.93. The Morgan fingerprint density at radius 2 is 2.17 bits per heavy atom. The maximum atomic E-state index is 12.4. The number of amides is 1. The summed E-state index contributed by atoms with van der Waals surface area (Å²) in [5.41, 5.74) is 6.82. The lowest BCUT2D eigenvalue weighted by Gasteiger charge is -2.26. The van der Waals surface area contributed by atoms with E-state index in [1.54, 1.807) is 12.4 Å². The van der Waals surface area contributed by atoms with E-state index in [4.69, 9.17) is 18.0 Å². The van der Waals surface area contributed by atoms with Crippen molar-refractivity contribution in [3.05, 3.63) is 24.0 Å². The molecule has 0 spiro atoms. The molecule has 2 rings (SSSR count). The van der Waals surface area contributed by atoms with Crippen molar-refractivity contribution in [2.45, 2.75) is 32.6 Å². The lowest BCUT2D eigenvalue weighted by Crippen LogP contribution is -2.44. The smallest absolute Gasteiger partial charge is 0.237 e. The van der Waals surface area contributed by atoms with Crippen molar-refractivity contribution in [3.63, 3.8) is 0 Å². The quantitative estimate of drug-likeness (QED) is 0.820. The Balaban J connectivity index is 2.21. The molecule has 1 aliphatic rings. The topological polar surface area (TPSA) is 68.0 Å². The van der Waals surface area contributed by atoms with Gasteiger partial charge in [0.05, 0.1) is 22.3 Å². The SMILES string of the molecule is Cc1ccncc1NC(=O)C1(C(N)=S)CCCC1. The molecule has 96 valence electrons. The van der Waals surface area contributed by atoms with Crippen LogP contribution in [0.15, 0.2) is 18.5 Å². The highest BCUT2D eigenvalue weighted by Crippen LogP contribution is 2.39. The van der Waals surface area contributed by atoms with Gasteiger partial charge in [0.2, 0.25) is 5.91 Å². The second-order valence-corrected chi connectivity index (χ2v) is 5.24. The number of carbonyl (C=O) groups is 1. The van der Waals surface area contributed by atoms with Crippen molar-refractivity contribution in [2.24, 2.45) is 11.1 Å². The van der Waals surface area contributed by atoms with E-state index in [0.29, 0.717) is 4.99 Å². The molecule has 1 aromatic heterocycles. The first-order chi connectivity index (χ1) is 8.56. The number of rotatable bonds is 3. The normalized spacial score (nSPS) is 17.4. The van der Waals surface area contributed by atoms with Crippen LogP contribution in [0.1, 0.15) is 31.2 Å². The van der Waals surface area contributed by atoms with Crippen molar-refractivity contribution in [2.75, 3.05) is 5.32 Å². The van der Waals surface area contributed by atoms with Gasteiger partial charge in [-0.2, -0.15) is 0 Å². The van der Waals surface area contributed by atoms with E-state index in [2.05, 4.69) is 10.3 Å². The third-order valence-electron chi connectivity index (χ3n) is 3.65. The molecule has 1 aromatic rings. The molecule has 1 aliphatic carbocycles. The van der Waals surface area contributed by atoms with Crippen LogP contribution in [0.25, 0.3) is 0 Å². The van der Waals surface area contributed by atoms with Crippen LogP contribution in [0, 0.1) is 12.3 Å². The van der Waals surface area contributed by atoms with Gasteiger partial charge in [0.15, 0.2) is 0 Å². The van der Waals surface area contributed by atoms with Crippen molar-refractivity contribution < 1.29 is 4.79 Å². The van der Waals surface area contributed by atoms with Gasteiger partial charge in [-0.3, -0.25) is 9.78 Å². The summed E-state index contributed by atoms with van der Waals surface area (Å²) in [6, 6.07) is 1.86. The number of thiocarbonyl (C=S) groups is 1. The Hall–Kier alpha value is -1.49. The van der Waals surface area contributed by atoms with Crippen LogP contribution in [0.3, 0.4) is 0 Å². The predicted molar refractivity (Wildman–Crippen MR) is 75.3 cm³/mol. The molecule has 5 heteroatoms. The molecule has 1 fully saturated rings. The Morgan fingerprint density at radius 1 is 1.50 bits per heavy atom. The molecule has 0 unspecified atom stereocenters. The van der Waals surface area contributed by atoms with Gasteiger partial charge in [0.25, 0.3) is 0 Å². The Bertz CT molecular complexity index is 481. The Morgan fingerprint density at radius 3 is 2.72 bits per heavy atom. The molecule has 1 saturated carbocycles. The second-order valence-electron chi connectivity index (χ2n) is 4.80. The lowest BCUT2D eigenvalue weighted by molar-refractivity contribution is -0.122. The molecule has 1 amide bonds. The molecule has 1 heterocycles. The molecule has 0 saturated heterocycles. The second kappa shape index (κ2) is 5.02. The van der Waals surface area contributed by atoms with Crippen LogP contribution >= 0.6 is 12.2 Å². The molecule has 0 atom stereocenters. The van der Waals surface area contributed by atoms with Crippen LogP contribution in [-0.4, -0.2) is 15.9 Å². The predicted octanol–water partition coefficient (Wildman–Crippen LogP) is 2.18. The zero-order valence-corrected chi connectivity index (χ0v) is 11.2. The van der Waals surface area contributed by atoms with Gasteiger partial charge in [-0.05, 0) is 31.4 Å². The Kier molecular flexibility index (Phi) is 3.61. The number of hydrogen-bond acceptors (Lipinski definition) is 3. The first kappa shape index (κ1) is 13.0. The monoisotopic (exact) mass is 263 g/mol. The maximum absolute atomic E-state index is 12.4. The molecule has 0 radical (unpaired) electrons. The van der Waals surface area contributed by atoms with E-state index in [0.717, 1.165) is 36.9 Å². The average molecular weight is 263 g/mol. The van der Waals surface area contributed by atoms with Crippen LogP contribution in [0.5, 0.6) is 0 Å². The first-order valence-corrected chi connectivity index (χ1v) is 6.49. The summed E-state index contributed by atoms with van der Waals surface area (Å²) >= 11 is 5.09. The highest BCUT2D eigenvalue weighted by molar-refractivity contribution is 7.80. The summed E-state index contributed by atoms with van der Waals surface area (Å²) in [5.74, 6) is -0.0939. The fourth-order valence-corrected chi connectivity index (χ4v) is 2.70. The maximum Gasteiger partial charge on any atom is 0.237 e. The number of hydrogen-bond donors (Lipinski definition) is 2. The van der Waals surface area contributed by atoms with Crippen molar-refractivity contribution >= 4 is 28.8 Å². The molecule has 0 aliphatic heterocycles. The largest absolute Gasteiger partial charge is 0.392 e. The van der Waals surface area contributed by atoms with Crippen molar-refractivity contribution in [1.29, 1.82) is 0 Å². The molecular weight excluding hydrogens is 246 g/mol. The molecular formula is C13H17N3OS. The summed E-state index contributed by atoms with van der Waals surface area (Å²) in [6.07, 6.45) is 6.83. The minimum atomic E-state index is -0.669. The molecule has 0 bridgehead atoms. The number of aryl methyl sites for hydroxylation is 1. The van der Waals surface area contributed by atoms with Gasteiger partial charge in [-0.1, -0.05) is 25.1 Å². The summed E-state index contributed by atoms with van der Waals surface area (Å²) in [5, 5.41) is 2.91. The minimum absolute atomic E-state index is 0.0939. The van der Waals surface area contributed by atoms with Gasteiger partial charge in [-0.15, -0.1) is 0 Å². The van der Waals surface area contributed by atoms with Gasteiger partial charge in [-0.25, -0.2) is 0 Å². The van der Waals surface area contributed by atoms with Gasteiger partial charge in [0.1, 0.15) is 0 Å². The lowest BCUT2D eigenvalue weighted by atomic mass is 9.85. The number of carbonyl (C=O) groups excluding carboxylic acids is 1. The minimum Gasteiger partial charge on any atom is -0.392 e. The summed E-state index contributed by atoms with van der Waals surface area (Å²) < 4.78 is 0. The zero-order valence-electron chi connectivity index (χ0n) is 10.4.